The molecule has 0 atom stereocenters. The number of aryl methyl sites for hydroxylation is 1. The average molecular weight is 242 g/mol. The Labute approximate surface area is 98.7 Å². The van der Waals surface area contributed by atoms with Crippen LogP contribution in [0.15, 0.2) is 30.3 Å². The van der Waals surface area contributed by atoms with Crippen LogP contribution in [0.25, 0.3) is 11.3 Å². The molecule has 0 saturated heterocycles. The van der Waals surface area contributed by atoms with E-state index in [0.29, 0.717) is 0 Å². The first-order chi connectivity index (χ1) is 6.81. The summed E-state index contributed by atoms with van der Waals surface area (Å²) in [5.41, 5.74) is 4.70. The Bertz CT molecular complexity index is 427. The van der Waals surface area contributed by atoms with Gasteiger partial charge < -0.3 is 0 Å². The molecule has 0 unspecified atom stereocenters. The van der Waals surface area contributed by atoms with E-state index in [1.54, 1.807) is 11.3 Å². The van der Waals surface area contributed by atoms with Crippen molar-refractivity contribution in [2.75, 3.05) is 5.43 Å². The third kappa shape index (κ3) is 2.47. The summed E-state index contributed by atoms with van der Waals surface area (Å²) in [5.74, 6) is 5.31. The van der Waals surface area contributed by atoms with Gasteiger partial charge in [-0.3, -0.25) is 5.43 Å². The van der Waals surface area contributed by atoms with Crippen molar-refractivity contribution in [3.8, 4) is 11.3 Å². The minimum atomic E-state index is 0. The number of nitrogens with one attached hydrogen (secondary N) is 1. The molecule has 2 aromatic rings. The highest BCUT2D eigenvalue weighted by molar-refractivity contribution is 7.15. The highest BCUT2D eigenvalue weighted by atomic mass is 35.5. The zero-order chi connectivity index (χ0) is 9.97. The molecule has 0 amide bonds. The summed E-state index contributed by atoms with van der Waals surface area (Å²) in [6.45, 7) is 2.04. The smallest absolute Gasteiger partial charge is 0.197 e. The van der Waals surface area contributed by atoms with Gasteiger partial charge in [0.05, 0.1) is 5.69 Å². The zero-order valence-corrected chi connectivity index (χ0v) is 9.86. The van der Waals surface area contributed by atoms with Crippen molar-refractivity contribution >= 4 is 28.9 Å². The number of aromatic nitrogens is 1. The molecule has 1 aromatic heterocycles. The SMILES string of the molecule is Cc1sc(NN)nc1-c1ccccc1.Cl. The summed E-state index contributed by atoms with van der Waals surface area (Å²) < 4.78 is 0. The van der Waals surface area contributed by atoms with Crippen molar-refractivity contribution < 1.29 is 0 Å². The molecular weight excluding hydrogens is 230 g/mol. The van der Waals surface area contributed by atoms with Crippen LogP contribution in [-0.4, -0.2) is 4.98 Å². The normalized spacial score (nSPS) is 9.47. The third-order valence-corrected chi connectivity index (χ3v) is 2.87. The van der Waals surface area contributed by atoms with Gasteiger partial charge in [0, 0.05) is 10.4 Å². The molecule has 0 aliphatic heterocycles. The topological polar surface area (TPSA) is 50.9 Å². The summed E-state index contributed by atoms with van der Waals surface area (Å²) in [4.78, 5) is 5.55. The highest BCUT2D eigenvalue weighted by Crippen LogP contribution is 2.29. The predicted octanol–water partition coefficient (Wildman–Crippen LogP) is 2.83. The average Bonchev–Trinajstić information content (AvgIpc) is 2.61. The van der Waals surface area contributed by atoms with Gasteiger partial charge in [-0.05, 0) is 6.92 Å². The summed E-state index contributed by atoms with van der Waals surface area (Å²) >= 11 is 1.56. The van der Waals surface area contributed by atoms with Crippen molar-refractivity contribution in [1.29, 1.82) is 0 Å². The number of benzene rings is 1. The van der Waals surface area contributed by atoms with Gasteiger partial charge in [0.2, 0.25) is 0 Å². The number of hydrogen-bond acceptors (Lipinski definition) is 4. The van der Waals surface area contributed by atoms with Gasteiger partial charge >= 0.3 is 0 Å². The fraction of sp³-hybridized carbons (Fsp3) is 0.100. The molecule has 3 nitrogen and oxygen atoms in total. The van der Waals surface area contributed by atoms with Crippen LogP contribution >= 0.6 is 23.7 Å². The molecule has 0 spiro atoms. The van der Waals surface area contributed by atoms with Crippen LogP contribution in [0, 0.1) is 6.92 Å². The Morgan fingerprint density at radius 1 is 1.27 bits per heavy atom. The number of hydrazine groups is 1. The van der Waals surface area contributed by atoms with Gasteiger partial charge in [0.1, 0.15) is 0 Å². The first-order valence-electron chi connectivity index (χ1n) is 4.30. The zero-order valence-electron chi connectivity index (χ0n) is 8.23. The minimum absolute atomic E-state index is 0. The van der Waals surface area contributed by atoms with E-state index in [-0.39, 0.29) is 12.4 Å². The second-order valence-electron chi connectivity index (χ2n) is 2.93. The number of hydrogen-bond donors (Lipinski definition) is 2. The van der Waals surface area contributed by atoms with Gasteiger partial charge in [0.15, 0.2) is 5.13 Å². The predicted molar refractivity (Wildman–Crippen MR) is 67.3 cm³/mol. The first-order valence-corrected chi connectivity index (χ1v) is 5.12. The van der Waals surface area contributed by atoms with Gasteiger partial charge in [0.25, 0.3) is 0 Å². The third-order valence-electron chi connectivity index (χ3n) is 1.97. The van der Waals surface area contributed by atoms with Crippen LogP contribution in [0.2, 0.25) is 0 Å². The van der Waals surface area contributed by atoms with Gasteiger partial charge in [-0.1, -0.05) is 30.3 Å². The molecule has 0 bridgehead atoms. The van der Waals surface area contributed by atoms with Crippen molar-refractivity contribution in [3.63, 3.8) is 0 Å². The maximum Gasteiger partial charge on any atom is 0.197 e. The van der Waals surface area contributed by atoms with Crippen LogP contribution in [0.1, 0.15) is 4.88 Å². The Hall–Kier alpha value is -1.10. The van der Waals surface area contributed by atoms with Gasteiger partial charge in [-0.15, -0.1) is 23.7 Å². The maximum atomic E-state index is 5.31. The van der Waals surface area contributed by atoms with Crippen molar-refractivity contribution in [1.82, 2.24) is 4.98 Å². The lowest BCUT2D eigenvalue weighted by Gasteiger charge is -1.96. The molecule has 15 heavy (non-hydrogen) atoms. The first kappa shape index (κ1) is 12.0. The van der Waals surface area contributed by atoms with Crippen molar-refractivity contribution in [2.24, 2.45) is 5.84 Å². The summed E-state index contributed by atoms with van der Waals surface area (Å²) in [6, 6.07) is 10.1. The summed E-state index contributed by atoms with van der Waals surface area (Å²) in [7, 11) is 0. The monoisotopic (exact) mass is 241 g/mol. The number of anilines is 1. The Morgan fingerprint density at radius 3 is 2.47 bits per heavy atom. The van der Waals surface area contributed by atoms with E-state index < -0.39 is 0 Å². The minimum Gasteiger partial charge on any atom is -0.300 e. The van der Waals surface area contributed by atoms with E-state index in [1.165, 1.54) is 4.88 Å². The Morgan fingerprint density at radius 2 is 1.93 bits per heavy atom. The molecular formula is C10H12ClN3S. The second-order valence-corrected chi connectivity index (χ2v) is 4.14. The Balaban J connectivity index is 0.00000112. The van der Waals surface area contributed by atoms with Crippen molar-refractivity contribution in [3.05, 3.63) is 35.2 Å². The van der Waals surface area contributed by atoms with E-state index in [1.807, 2.05) is 37.3 Å². The molecule has 0 radical (unpaired) electrons. The number of nitrogen functional groups attached to an aromatic ring is 1. The molecule has 1 aromatic carbocycles. The quantitative estimate of drug-likeness (QED) is 0.628. The lowest BCUT2D eigenvalue weighted by Crippen LogP contribution is -2.05. The molecule has 0 saturated carbocycles. The molecule has 5 heteroatoms. The molecule has 0 aliphatic carbocycles. The number of halogens is 1. The van der Waals surface area contributed by atoms with Crippen LogP contribution < -0.4 is 11.3 Å². The largest absolute Gasteiger partial charge is 0.300 e. The number of nitrogens with zero attached hydrogens (tertiary/aromatic N) is 1. The fourth-order valence-electron chi connectivity index (χ4n) is 1.32. The molecule has 0 aliphatic rings. The fourth-order valence-corrected chi connectivity index (χ4v) is 2.07. The van der Waals surface area contributed by atoms with E-state index in [0.717, 1.165) is 16.4 Å². The number of thiazole rings is 1. The van der Waals surface area contributed by atoms with Crippen LogP contribution in [0.5, 0.6) is 0 Å². The summed E-state index contributed by atoms with van der Waals surface area (Å²) in [5, 5.41) is 0.751. The van der Waals surface area contributed by atoms with Crippen LogP contribution in [0.4, 0.5) is 5.13 Å². The Kier molecular flexibility index (Phi) is 4.08. The van der Waals surface area contributed by atoms with E-state index >= 15 is 0 Å². The molecule has 2 rings (SSSR count). The maximum absolute atomic E-state index is 5.31. The van der Waals surface area contributed by atoms with E-state index in [4.69, 9.17) is 5.84 Å². The number of nitrogens with two attached hydrogens (primary N) is 1. The summed E-state index contributed by atoms with van der Waals surface area (Å²) in [6.07, 6.45) is 0. The van der Waals surface area contributed by atoms with E-state index in [9.17, 15) is 0 Å². The molecule has 3 N–H and O–H groups in total. The number of rotatable bonds is 2. The second kappa shape index (κ2) is 5.11. The van der Waals surface area contributed by atoms with Crippen molar-refractivity contribution in [2.45, 2.75) is 6.92 Å². The van der Waals surface area contributed by atoms with Crippen LogP contribution in [0.3, 0.4) is 0 Å². The van der Waals surface area contributed by atoms with Gasteiger partial charge in [-0.2, -0.15) is 0 Å². The highest BCUT2D eigenvalue weighted by Gasteiger charge is 2.07. The van der Waals surface area contributed by atoms with E-state index in [2.05, 4.69) is 10.4 Å². The lowest BCUT2D eigenvalue weighted by molar-refractivity contribution is 1.28. The van der Waals surface area contributed by atoms with Crippen LogP contribution in [-0.2, 0) is 0 Å². The molecule has 1 heterocycles. The standard InChI is InChI=1S/C10H11N3S.ClH/c1-7-9(12-10(13-11)14-7)8-5-3-2-4-6-8;/h2-6H,11H2,1H3,(H,12,13);1H. The lowest BCUT2D eigenvalue weighted by atomic mass is 10.1. The molecule has 80 valence electrons. The van der Waals surface area contributed by atoms with Gasteiger partial charge in [-0.25, -0.2) is 10.8 Å². The molecule has 0 fully saturated rings.